The zero-order valence-electron chi connectivity index (χ0n) is 16.8. The summed E-state index contributed by atoms with van der Waals surface area (Å²) in [5, 5.41) is 9.21. The maximum Gasteiger partial charge on any atom is 0.221 e. The quantitative estimate of drug-likeness (QED) is 0.302. The molecule has 1 fully saturated rings. The molecule has 28 heavy (non-hydrogen) atoms. The maximum atomic E-state index is 11.1. The Labute approximate surface area is 167 Å². The lowest BCUT2D eigenvalue weighted by Crippen LogP contribution is -2.39. The molecule has 1 aromatic rings. The average Bonchev–Trinajstić information content (AvgIpc) is 3.18. The SMILES string of the molecule is CCNC(=NCCCOC1CCOC1)NCCOc1cccc(NC(C)=O)c1. The molecule has 1 atom stereocenters. The van der Waals surface area contributed by atoms with Crippen molar-refractivity contribution < 1.29 is 19.0 Å². The van der Waals surface area contributed by atoms with Gasteiger partial charge in [0.2, 0.25) is 5.91 Å². The standard InChI is InChI=1S/C20H32N4O4/c1-3-21-20(22-9-5-11-27-19-8-12-26-15-19)23-10-13-28-18-7-4-6-17(14-18)24-16(2)25/h4,6-7,14,19H,3,5,8-13,15H2,1-2H3,(H,24,25)(H2,21,22,23). The molecule has 1 amide bonds. The number of nitrogens with zero attached hydrogens (tertiary/aromatic N) is 1. The molecule has 0 aliphatic carbocycles. The van der Waals surface area contributed by atoms with Gasteiger partial charge < -0.3 is 30.2 Å². The van der Waals surface area contributed by atoms with Crippen LogP contribution in [0.4, 0.5) is 5.69 Å². The van der Waals surface area contributed by atoms with Gasteiger partial charge in [0.15, 0.2) is 5.96 Å². The van der Waals surface area contributed by atoms with Crippen molar-refractivity contribution in [2.75, 3.05) is 51.4 Å². The predicted octanol–water partition coefficient (Wildman–Crippen LogP) is 1.77. The molecule has 156 valence electrons. The molecule has 1 aromatic carbocycles. The molecule has 2 rings (SSSR count). The number of hydrogen-bond acceptors (Lipinski definition) is 5. The highest BCUT2D eigenvalue weighted by Crippen LogP contribution is 2.17. The van der Waals surface area contributed by atoms with E-state index < -0.39 is 0 Å². The van der Waals surface area contributed by atoms with Crippen LogP contribution in [0.1, 0.15) is 26.7 Å². The number of guanidine groups is 1. The fourth-order valence-corrected chi connectivity index (χ4v) is 2.70. The fourth-order valence-electron chi connectivity index (χ4n) is 2.70. The van der Waals surface area contributed by atoms with E-state index in [1.165, 1.54) is 6.92 Å². The second-order valence-corrected chi connectivity index (χ2v) is 6.45. The van der Waals surface area contributed by atoms with Gasteiger partial charge in [0.05, 0.1) is 19.3 Å². The summed E-state index contributed by atoms with van der Waals surface area (Å²) in [5.41, 5.74) is 0.722. The Morgan fingerprint density at radius 3 is 2.96 bits per heavy atom. The topological polar surface area (TPSA) is 93.2 Å². The Balaban J connectivity index is 1.64. The first-order valence-corrected chi connectivity index (χ1v) is 9.89. The summed E-state index contributed by atoms with van der Waals surface area (Å²) >= 11 is 0. The summed E-state index contributed by atoms with van der Waals surface area (Å²) < 4.78 is 16.8. The molecule has 8 nitrogen and oxygen atoms in total. The van der Waals surface area contributed by atoms with Gasteiger partial charge in [-0.05, 0) is 31.9 Å². The van der Waals surface area contributed by atoms with Gasteiger partial charge in [0, 0.05) is 45.0 Å². The molecule has 3 N–H and O–H groups in total. The summed E-state index contributed by atoms with van der Waals surface area (Å²) in [6, 6.07) is 7.33. The van der Waals surface area contributed by atoms with Crippen LogP contribution in [-0.4, -0.2) is 64.0 Å². The Hall–Kier alpha value is -2.32. The van der Waals surface area contributed by atoms with E-state index in [0.29, 0.717) is 38.7 Å². The van der Waals surface area contributed by atoms with Crippen LogP contribution in [0.5, 0.6) is 5.75 Å². The minimum Gasteiger partial charge on any atom is -0.492 e. The number of carbonyl (C=O) groups is 1. The van der Waals surface area contributed by atoms with E-state index >= 15 is 0 Å². The summed E-state index contributed by atoms with van der Waals surface area (Å²) in [6.45, 7) is 8.32. The number of rotatable bonds is 11. The smallest absolute Gasteiger partial charge is 0.221 e. The molecule has 1 aliphatic rings. The van der Waals surface area contributed by atoms with Gasteiger partial charge in [-0.25, -0.2) is 0 Å². The van der Waals surface area contributed by atoms with Crippen LogP contribution in [0.2, 0.25) is 0 Å². The summed E-state index contributed by atoms with van der Waals surface area (Å²) in [5.74, 6) is 1.37. The van der Waals surface area contributed by atoms with Crippen LogP contribution in [0.3, 0.4) is 0 Å². The van der Waals surface area contributed by atoms with Crippen molar-refractivity contribution in [1.29, 1.82) is 0 Å². The number of anilines is 1. The normalized spacial score (nSPS) is 16.6. The molecule has 1 heterocycles. The van der Waals surface area contributed by atoms with Crippen molar-refractivity contribution in [2.45, 2.75) is 32.8 Å². The Morgan fingerprint density at radius 1 is 1.32 bits per heavy atom. The molecule has 0 bridgehead atoms. The average molecular weight is 393 g/mol. The van der Waals surface area contributed by atoms with Crippen molar-refractivity contribution in [1.82, 2.24) is 10.6 Å². The highest BCUT2D eigenvalue weighted by Gasteiger charge is 2.15. The molecule has 0 aromatic heterocycles. The van der Waals surface area contributed by atoms with Gasteiger partial charge in [0.1, 0.15) is 12.4 Å². The third-order valence-electron chi connectivity index (χ3n) is 3.98. The van der Waals surface area contributed by atoms with E-state index in [1.807, 2.05) is 25.1 Å². The number of carbonyl (C=O) groups excluding carboxylic acids is 1. The number of hydrogen-bond donors (Lipinski definition) is 3. The summed E-state index contributed by atoms with van der Waals surface area (Å²) in [4.78, 5) is 15.7. The van der Waals surface area contributed by atoms with Crippen LogP contribution in [0.25, 0.3) is 0 Å². The fraction of sp³-hybridized carbons (Fsp3) is 0.600. The third kappa shape index (κ3) is 9.05. The molecular weight excluding hydrogens is 360 g/mol. The van der Waals surface area contributed by atoms with Gasteiger partial charge in [-0.3, -0.25) is 9.79 Å². The van der Waals surface area contributed by atoms with E-state index in [-0.39, 0.29) is 12.0 Å². The maximum absolute atomic E-state index is 11.1. The Kier molecular flexibility index (Phi) is 10.2. The minimum atomic E-state index is -0.104. The molecule has 0 saturated carbocycles. The largest absolute Gasteiger partial charge is 0.492 e. The highest BCUT2D eigenvalue weighted by molar-refractivity contribution is 5.88. The van der Waals surface area contributed by atoms with Gasteiger partial charge in [-0.15, -0.1) is 0 Å². The predicted molar refractivity (Wildman–Crippen MR) is 110 cm³/mol. The third-order valence-corrected chi connectivity index (χ3v) is 3.98. The number of nitrogens with one attached hydrogen (secondary N) is 3. The summed E-state index contributed by atoms with van der Waals surface area (Å²) in [6.07, 6.45) is 2.11. The van der Waals surface area contributed by atoms with Crippen LogP contribution in [-0.2, 0) is 14.3 Å². The molecule has 0 spiro atoms. The molecular formula is C20H32N4O4. The number of ether oxygens (including phenoxy) is 3. The van der Waals surface area contributed by atoms with Crippen molar-refractivity contribution in [3.63, 3.8) is 0 Å². The lowest BCUT2D eigenvalue weighted by Gasteiger charge is -2.13. The first-order chi connectivity index (χ1) is 13.7. The van der Waals surface area contributed by atoms with Crippen molar-refractivity contribution >= 4 is 17.6 Å². The van der Waals surface area contributed by atoms with Crippen molar-refractivity contribution in [3.8, 4) is 5.75 Å². The summed E-state index contributed by atoms with van der Waals surface area (Å²) in [7, 11) is 0. The van der Waals surface area contributed by atoms with Crippen LogP contribution in [0.15, 0.2) is 29.3 Å². The molecule has 1 aliphatic heterocycles. The zero-order valence-corrected chi connectivity index (χ0v) is 16.8. The van der Waals surface area contributed by atoms with E-state index in [9.17, 15) is 4.79 Å². The lowest BCUT2D eigenvalue weighted by molar-refractivity contribution is -0.114. The monoisotopic (exact) mass is 392 g/mol. The zero-order chi connectivity index (χ0) is 20.0. The van der Waals surface area contributed by atoms with E-state index in [4.69, 9.17) is 14.2 Å². The Morgan fingerprint density at radius 2 is 2.21 bits per heavy atom. The van der Waals surface area contributed by atoms with Gasteiger partial charge in [-0.1, -0.05) is 6.07 Å². The van der Waals surface area contributed by atoms with Crippen molar-refractivity contribution in [2.24, 2.45) is 4.99 Å². The highest BCUT2D eigenvalue weighted by atomic mass is 16.5. The van der Waals surface area contributed by atoms with Gasteiger partial charge in [-0.2, -0.15) is 0 Å². The van der Waals surface area contributed by atoms with Crippen LogP contribution < -0.4 is 20.7 Å². The first-order valence-electron chi connectivity index (χ1n) is 9.89. The molecule has 8 heteroatoms. The second kappa shape index (κ2) is 13.0. The lowest BCUT2D eigenvalue weighted by atomic mass is 10.3. The van der Waals surface area contributed by atoms with Crippen LogP contribution >= 0.6 is 0 Å². The van der Waals surface area contributed by atoms with E-state index in [2.05, 4.69) is 20.9 Å². The Bertz CT molecular complexity index is 618. The van der Waals surface area contributed by atoms with Gasteiger partial charge in [0.25, 0.3) is 0 Å². The molecule has 0 radical (unpaired) electrons. The number of aliphatic imine (C=N–C) groups is 1. The number of amides is 1. The van der Waals surface area contributed by atoms with Crippen LogP contribution in [0, 0.1) is 0 Å². The van der Waals surface area contributed by atoms with Gasteiger partial charge >= 0.3 is 0 Å². The molecule has 1 unspecified atom stereocenters. The molecule has 1 saturated heterocycles. The van der Waals surface area contributed by atoms with E-state index in [1.54, 1.807) is 6.07 Å². The van der Waals surface area contributed by atoms with Crippen molar-refractivity contribution in [3.05, 3.63) is 24.3 Å². The second-order valence-electron chi connectivity index (χ2n) is 6.45. The number of benzene rings is 1. The van der Waals surface area contributed by atoms with E-state index in [0.717, 1.165) is 37.6 Å². The minimum absolute atomic E-state index is 0.104. The first kappa shape index (κ1) is 22.0.